The van der Waals surface area contributed by atoms with Crippen molar-refractivity contribution in [2.45, 2.75) is 17.5 Å². The Morgan fingerprint density at radius 1 is 1.07 bits per heavy atom. The number of carbonyl (C=O) groups is 2. The summed E-state index contributed by atoms with van der Waals surface area (Å²) in [6.07, 6.45) is 3.26. The summed E-state index contributed by atoms with van der Waals surface area (Å²) in [6, 6.07) is 16.7. The van der Waals surface area contributed by atoms with Gasteiger partial charge in [0.15, 0.2) is 5.16 Å². The highest BCUT2D eigenvalue weighted by Gasteiger charge is 2.59. The summed E-state index contributed by atoms with van der Waals surface area (Å²) in [7, 11) is 1.70. The molecule has 0 aliphatic carbocycles. The highest BCUT2D eigenvalue weighted by atomic mass is 32.2. The van der Waals surface area contributed by atoms with E-state index in [2.05, 4.69) is 9.97 Å². The largest absolute Gasteiger partial charge is 0.338 e. The van der Waals surface area contributed by atoms with E-state index in [-0.39, 0.29) is 24.2 Å². The molecule has 30 heavy (non-hydrogen) atoms. The summed E-state index contributed by atoms with van der Waals surface area (Å²) >= 11 is 1.23. The molecule has 1 spiro atoms. The van der Waals surface area contributed by atoms with E-state index in [0.29, 0.717) is 16.4 Å². The van der Waals surface area contributed by atoms with Gasteiger partial charge in [-0.15, -0.1) is 0 Å². The molecule has 0 saturated heterocycles. The van der Waals surface area contributed by atoms with Gasteiger partial charge in [0.25, 0.3) is 11.6 Å². The molecule has 1 unspecified atom stereocenters. The van der Waals surface area contributed by atoms with Crippen LogP contribution < -0.4 is 9.80 Å². The summed E-state index contributed by atoms with van der Waals surface area (Å²) in [5.41, 5.74) is 1.42. The molecule has 0 radical (unpaired) electrons. The maximum atomic E-state index is 13.6. The molecule has 0 fully saturated rings. The van der Waals surface area contributed by atoms with Gasteiger partial charge in [-0.25, -0.2) is 9.97 Å². The van der Waals surface area contributed by atoms with Crippen molar-refractivity contribution in [3.05, 3.63) is 78.1 Å². The standard InChI is InChI=1S/C22H18N4O3S/c1-25-18-10-5-3-8-16(18)22(20(25)28)26(17-9-4-2-7-15(17)13-29-22)19(27)14-30-21-23-11-6-12-24-21/h2-12H,13-14H2,1H3. The number of anilines is 2. The lowest BCUT2D eigenvalue weighted by Gasteiger charge is -2.43. The molecule has 1 aromatic heterocycles. The van der Waals surface area contributed by atoms with Crippen LogP contribution in [0.2, 0.25) is 0 Å². The number of para-hydroxylation sites is 2. The summed E-state index contributed by atoms with van der Waals surface area (Å²) in [5.74, 6) is -0.464. The lowest BCUT2D eigenvalue weighted by Crippen LogP contribution is -2.59. The fraction of sp³-hybridized carbons (Fsp3) is 0.182. The van der Waals surface area contributed by atoms with Crippen LogP contribution in [0, 0.1) is 0 Å². The van der Waals surface area contributed by atoms with Crippen LogP contribution in [0.4, 0.5) is 11.4 Å². The zero-order valence-electron chi connectivity index (χ0n) is 16.2. The highest BCUT2D eigenvalue weighted by molar-refractivity contribution is 7.99. The average Bonchev–Trinajstić information content (AvgIpc) is 3.01. The Morgan fingerprint density at radius 2 is 1.77 bits per heavy atom. The number of likely N-dealkylation sites (N-methyl/N-ethyl adjacent to an activating group) is 1. The van der Waals surface area contributed by atoms with Crippen molar-refractivity contribution in [1.82, 2.24) is 9.97 Å². The third-order valence-corrected chi connectivity index (χ3v) is 6.19. The summed E-state index contributed by atoms with van der Waals surface area (Å²) < 4.78 is 6.22. The van der Waals surface area contributed by atoms with E-state index >= 15 is 0 Å². The van der Waals surface area contributed by atoms with Gasteiger partial charge in [-0.05, 0) is 18.2 Å². The van der Waals surface area contributed by atoms with Crippen LogP contribution in [0.15, 0.2) is 72.1 Å². The second-order valence-corrected chi connectivity index (χ2v) is 7.93. The number of nitrogens with zero attached hydrogens (tertiary/aromatic N) is 4. The van der Waals surface area contributed by atoms with Crippen molar-refractivity contribution in [3.63, 3.8) is 0 Å². The number of aromatic nitrogens is 2. The van der Waals surface area contributed by atoms with Crippen LogP contribution in [0.5, 0.6) is 0 Å². The molecule has 8 heteroatoms. The highest BCUT2D eigenvalue weighted by Crippen LogP contribution is 2.49. The fourth-order valence-corrected chi connectivity index (χ4v) is 4.64. The molecule has 2 amide bonds. The molecule has 0 N–H and O–H groups in total. The molecule has 0 bridgehead atoms. The van der Waals surface area contributed by atoms with E-state index in [1.807, 2.05) is 48.5 Å². The molecule has 3 heterocycles. The Kier molecular flexibility index (Phi) is 4.52. The zero-order chi connectivity index (χ0) is 20.7. The average molecular weight is 418 g/mol. The van der Waals surface area contributed by atoms with E-state index < -0.39 is 5.72 Å². The molecule has 2 aromatic carbocycles. The number of benzene rings is 2. The van der Waals surface area contributed by atoms with Crippen LogP contribution in [-0.4, -0.2) is 34.6 Å². The van der Waals surface area contributed by atoms with Crippen LogP contribution in [-0.2, 0) is 26.7 Å². The molecule has 5 rings (SSSR count). The second-order valence-electron chi connectivity index (χ2n) is 6.99. The van der Waals surface area contributed by atoms with Crippen molar-refractivity contribution in [2.75, 3.05) is 22.6 Å². The third kappa shape index (κ3) is 2.72. The SMILES string of the molecule is CN1C(=O)C2(OCc3ccccc3N2C(=O)CSc2ncccn2)c2ccccc21. The topological polar surface area (TPSA) is 75.6 Å². The first-order chi connectivity index (χ1) is 14.6. The Labute approximate surface area is 177 Å². The van der Waals surface area contributed by atoms with E-state index in [1.54, 1.807) is 30.4 Å². The number of ether oxygens (including phenoxy) is 1. The van der Waals surface area contributed by atoms with Crippen molar-refractivity contribution in [3.8, 4) is 0 Å². The first-order valence-electron chi connectivity index (χ1n) is 9.45. The Hall–Kier alpha value is -3.23. The number of hydrogen-bond donors (Lipinski definition) is 0. The van der Waals surface area contributed by atoms with Gasteiger partial charge in [-0.1, -0.05) is 48.2 Å². The van der Waals surface area contributed by atoms with Crippen LogP contribution in [0.25, 0.3) is 0 Å². The Balaban J connectivity index is 1.61. The van der Waals surface area contributed by atoms with Crippen molar-refractivity contribution in [2.24, 2.45) is 0 Å². The van der Waals surface area contributed by atoms with Crippen molar-refractivity contribution < 1.29 is 14.3 Å². The third-order valence-electron chi connectivity index (χ3n) is 5.33. The van der Waals surface area contributed by atoms with E-state index in [1.165, 1.54) is 16.7 Å². The van der Waals surface area contributed by atoms with Crippen molar-refractivity contribution >= 4 is 35.0 Å². The van der Waals surface area contributed by atoms with E-state index in [0.717, 1.165) is 11.3 Å². The van der Waals surface area contributed by atoms with E-state index in [4.69, 9.17) is 4.74 Å². The molecule has 150 valence electrons. The molecular weight excluding hydrogens is 400 g/mol. The van der Waals surface area contributed by atoms with Gasteiger partial charge in [-0.2, -0.15) is 0 Å². The number of hydrogen-bond acceptors (Lipinski definition) is 6. The maximum Gasteiger partial charge on any atom is 0.285 e. The van der Waals surface area contributed by atoms with Gasteiger partial charge < -0.3 is 9.64 Å². The van der Waals surface area contributed by atoms with Gasteiger partial charge in [0.05, 0.1) is 23.7 Å². The van der Waals surface area contributed by atoms with Gasteiger partial charge >= 0.3 is 0 Å². The fourth-order valence-electron chi connectivity index (χ4n) is 3.99. The molecular formula is C22H18N4O3S. The Bertz CT molecular complexity index is 1140. The van der Waals surface area contributed by atoms with Crippen LogP contribution >= 0.6 is 11.8 Å². The van der Waals surface area contributed by atoms with Crippen LogP contribution in [0.3, 0.4) is 0 Å². The minimum absolute atomic E-state index is 0.0720. The molecule has 2 aliphatic rings. The molecule has 3 aromatic rings. The maximum absolute atomic E-state index is 13.6. The predicted molar refractivity (Wildman–Crippen MR) is 113 cm³/mol. The van der Waals surface area contributed by atoms with Crippen LogP contribution in [0.1, 0.15) is 11.1 Å². The lowest BCUT2D eigenvalue weighted by molar-refractivity contribution is -0.152. The van der Waals surface area contributed by atoms with Gasteiger partial charge in [0, 0.05) is 30.6 Å². The van der Waals surface area contributed by atoms with Gasteiger partial charge in [0.2, 0.25) is 5.91 Å². The first kappa shape index (κ1) is 18.8. The smallest absolute Gasteiger partial charge is 0.285 e. The molecule has 7 nitrogen and oxygen atoms in total. The summed E-state index contributed by atoms with van der Waals surface area (Å²) in [6.45, 7) is 0.239. The minimum atomic E-state index is -1.52. The zero-order valence-corrected chi connectivity index (χ0v) is 17.0. The number of thioether (sulfide) groups is 1. The number of fused-ring (bicyclic) bond motifs is 3. The first-order valence-corrected chi connectivity index (χ1v) is 10.4. The quantitative estimate of drug-likeness (QED) is 0.481. The summed E-state index contributed by atoms with van der Waals surface area (Å²) in [4.78, 5) is 38.5. The Morgan fingerprint density at radius 3 is 2.57 bits per heavy atom. The van der Waals surface area contributed by atoms with E-state index in [9.17, 15) is 9.59 Å². The van der Waals surface area contributed by atoms with Gasteiger partial charge in [-0.3, -0.25) is 14.5 Å². The number of rotatable bonds is 3. The predicted octanol–water partition coefficient (Wildman–Crippen LogP) is 2.96. The number of amides is 2. The molecule has 0 saturated carbocycles. The van der Waals surface area contributed by atoms with Crippen molar-refractivity contribution in [1.29, 1.82) is 0 Å². The monoisotopic (exact) mass is 418 g/mol. The summed E-state index contributed by atoms with van der Waals surface area (Å²) in [5, 5.41) is 0.501. The van der Waals surface area contributed by atoms with Gasteiger partial charge in [0.1, 0.15) is 0 Å². The molecule has 1 atom stereocenters. The molecule has 2 aliphatic heterocycles. The lowest BCUT2D eigenvalue weighted by atomic mass is 9.97. The minimum Gasteiger partial charge on any atom is -0.338 e. The second kappa shape index (κ2) is 7.23. The number of carbonyl (C=O) groups excluding carboxylic acids is 2. The normalized spacial score (nSPS) is 19.7.